The molecule has 2 atom stereocenters. The second-order valence-corrected chi connectivity index (χ2v) is 7.82. The lowest BCUT2D eigenvalue weighted by Crippen LogP contribution is -2.50. The lowest BCUT2D eigenvalue weighted by molar-refractivity contribution is 0.0920. The van der Waals surface area contributed by atoms with Gasteiger partial charge in [-0.1, -0.05) is 0 Å². The van der Waals surface area contributed by atoms with Crippen LogP contribution in [0.3, 0.4) is 0 Å². The first-order chi connectivity index (χ1) is 12.1. The van der Waals surface area contributed by atoms with Gasteiger partial charge in [0.05, 0.1) is 41.9 Å². The fourth-order valence-electron chi connectivity index (χ4n) is 3.77. The Morgan fingerprint density at radius 1 is 1.36 bits per heavy atom. The van der Waals surface area contributed by atoms with Crippen LogP contribution in [0.5, 0.6) is 0 Å². The molecule has 7 nitrogen and oxygen atoms in total. The van der Waals surface area contributed by atoms with E-state index in [-0.39, 0.29) is 23.6 Å². The van der Waals surface area contributed by atoms with Crippen molar-refractivity contribution in [2.75, 3.05) is 26.3 Å². The van der Waals surface area contributed by atoms with E-state index < -0.39 is 0 Å². The van der Waals surface area contributed by atoms with Gasteiger partial charge in [-0.25, -0.2) is 4.98 Å². The number of likely N-dealkylation sites (tertiary alicyclic amines) is 1. The third-order valence-electron chi connectivity index (χ3n) is 5.19. The highest BCUT2D eigenvalue weighted by atomic mass is 32.1. The number of nitrogens with zero attached hydrogens (tertiary/aromatic N) is 3. The number of thiophene rings is 1. The molecule has 2 saturated heterocycles. The van der Waals surface area contributed by atoms with Gasteiger partial charge >= 0.3 is 0 Å². The van der Waals surface area contributed by atoms with Crippen LogP contribution in [0.25, 0.3) is 10.2 Å². The number of nitrogens with one attached hydrogen (secondary N) is 1. The summed E-state index contributed by atoms with van der Waals surface area (Å²) in [7, 11) is 1.67. The first-order valence-electron chi connectivity index (χ1n) is 8.63. The van der Waals surface area contributed by atoms with E-state index in [0.29, 0.717) is 33.9 Å². The van der Waals surface area contributed by atoms with Crippen LogP contribution in [0.1, 0.15) is 28.1 Å². The summed E-state index contributed by atoms with van der Waals surface area (Å²) in [6.45, 7) is 5.17. The van der Waals surface area contributed by atoms with Crippen LogP contribution in [-0.2, 0) is 11.8 Å². The first kappa shape index (κ1) is 16.7. The molecule has 0 aliphatic carbocycles. The van der Waals surface area contributed by atoms with Crippen molar-refractivity contribution in [1.82, 2.24) is 19.8 Å². The Balaban J connectivity index is 1.59. The molecule has 4 rings (SSSR count). The summed E-state index contributed by atoms with van der Waals surface area (Å²) < 4.78 is 7.07. The molecule has 134 valence electrons. The minimum Gasteiger partial charge on any atom is -0.378 e. The molecule has 2 aromatic heterocycles. The highest BCUT2D eigenvalue weighted by molar-refractivity contribution is 7.20. The van der Waals surface area contributed by atoms with Crippen molar-refractivity contribution in [2.24, 2.45) is 7.05 Å². The molecule has 1 N–H and O–H groups in total. The van der Waals surface area contributed by atoms with Crippen molar-refractivity contribution in [2.45, 2.75) is 31.8 Å². The lowest BCUT2D eigenvalue weighted by atomic mass is 10.1. The Morgan fingerprint density at radius 3 is 2.88 bits per heavy atom. The van der Waals surface area contributed by atoms with Crippen LogP contribution in [0.4, 0.5) is 0 Å². The summed E-state index contributed by atoms with van der Waals surface area (Å²) >= 11 is 1.28. The topological polar surface area (TPSA) is 76.5 Å². The first-order valence-corrected chi connectivity index (χ1v) is 9.45. The second kappa shape index (κ2) is 6.51. The van der Waals surface area contributed by atoms with Gasteiger partial charge in [0.2, 0.25) is 0 Å². The minimum absolute atomic E-state index is 0.00833. The van der Waals surface area contributed by atoms with Crippen LogP contribution < -0.4 is 10.9 Å². The van der Waals surface area contributed by atoms with Crippen LogP contribution in [-0.4, -0.2) is 58.7 Å². The van der Waals surface area contributed by atoms with Gasteiger partial charge < -0.3 is 14.6 Å². The van der Waals surface area contributed by atoms with Gasteiger partial charge in [0.25, 0.3) is 11.5 Å². The second-order valence-electron chi connectivity index (χ2n) is 6.82. The van der Waals surface area contributed by atoms with Crippen LogP contribution in [0.2, 0.25) is 0 Å². The summed E-state index contributed by atoms with van der Waals surface area (Å²) in [5.41, 5.74) is 0.597. The largest absolute Gasteiger partial charge is 0.378 e. The maximum absolute atomic E-state index is 12.8. The predicted octanol–water partition coefficient (Wildman–Crippen LogP) is 0.896. The molecular formula is C17H22N4O3S. The van der Waals surface area contributed by atoms with Crippen LogP contribution >= 0.6 is 11.3 Å². The number of hydrogen-bond acceptors (Lipinski definition) is 6. The van der Waals surface area contributed by atoms with Crippen molar-refractivity contribution < 1.29 is 9.53 Å². The van der Waals surface area contributed by atoms with Gasteiger partial charge in [-0.15, -0.1) is 11.3 Å². The van der Waals surface area contributed by atoms with Crippen LogP contribution in [0, 0.1) is 6.92 Å². The van der Waals surface area contributed by atoms with E-state index in [0.717, 1.165) is 13.1 Å². The summed E-state index contributed by atoms with van der Waals surface area (Å²) in [5.74, 6) is -0.137. The van der Waals surface area contributed by atoms with E-state index in [1.165, 1.54) is 35.1 Å². The molecule has 0 radical (unpaired) electrons. The Morgan fingerprint density at radius 2 is 2.12 bits per heavy atom. The van der Waals surface area contributed by atoms with Crippen LogP contribution in [0.15, 0.2) is 11.1 Å². The summed E-state index contributed by atoms with van der Waals surface area (Å²) in [4.78, 5) is 33.0. The average Bonchev–Trinajstić information content (AvgIpc) is 3.30. The van der Waals surface area contributed by atoms with E-state index in [1.807, 2.05) is 6.92 Å². The quantitative estimate of drug-likeness (QED) is 0.878. The Hall–Kier alpha value is -1.77. The number of rotatable bonds is 3. The van der Waals surface area contributed by atoms with Crippen molar-refractivity contribution in [3.8, 4) is 0 Å². The van der Waals surface area contributed by atoms with Gasteiger partial charge in [-0.05, 0) is 38.4 Å². The van der Waals surface area contributed by atoms with E-state index in [4.69, 9.17) is 4.74 Å². The normalized spacial score (nSPS) is 24.2. The third kappa shape index (κ3) is 2.88. The molecule has 0 spiro atoms. The molecule has 0 bridgehead atoms. The van der Waals surface area contributed by atoms with E-state index in [9.17, 15) is 9.59 Å². The molecule has 2 aliphatic heterocycles. The predicted molar refractivity (Wildman–Crippen MR) is 96.3 cm³/mol. The van der Waals surface area contributed by atoms with Gasteiger partial charge in [0.1, 0.15) is 4.83 Å². The molecule has 0 saturated carbocycles. The summed E-state index contributed by atoms with van der Waals surface area (Å²) in [6.07, 6.45) is 3.92. The number of ether oxygens (including phenoxy) is 1. The van der Waals surface area contributed by atoms with Crippen molar-refractivity contribution in [1.29, 1.82) is 0 Å². The minimum atomic E-state index is -0.137. The molecule has 0 aromatic carbocycles. The number of hydrogen-bond donors (Lipinski definition) is 1. The zero-order chi connectivity index (χ0) is 17.6. The van der Waals surface area contributed by atoms with Gasteiger partial charge in [0, 0.05) is 7.05 Å². The molecule has 1 amide bonds. The van der Waals surface area contributed by atoms with Crippen molar-refractivity contribution in [3.63, 3.8) is 0 Å². The number of carbonyl (C=O) groups is 1. The fourth-order valence-corrected chi connectivity index (χ4v) is 4.82. The zero-order valence-electron chi connectivity index (χ0n) is 14.4. The average molecular weight is 362 g/mol. The van der Waals surface area contributed by atoms with Crippen molar-refractivity contribution in [3.05, 3.63) is 27.1 Å². The summed E-state index contributed by atoms with van der Waals surface area (Å²) in [5, 5.41) is 3.67. The number of aryl methyl sites for hydroxylation is 2. The molecule has 2 fully saturated rings. The zero-order valence-corrected chi connectivity index (χ0v) is 15.3. The lowest BCUT2D eigenvalue weighted by Gasteiger charge is -2.27. The van der Waals surface area contributed by atoms with Crippen molar-refractivity contribution >= 4 is 27.5 Å². The monoisotopic (exact) mass is 362 g/mol. The molecule has 0 unspecified atom stereocenters. The molecule has 2 aromatic rings. The maximum Gasteiger partial charge on any atom is 0.262 e. The smallest absolute Gasteiger partial charge is 0.262 e. The van der Waals surface area contributed by atoms with E-state index in [1.54, 1.807) is 7.05 Å². The number of fused-ring (bicyclic) bond motifs is 1. The Labute approximate surface area is 149 Å². The van der Waals surface area contributed by atoms with E-state index >= 15 is 0 Å². The van der Waals surface area contributed by atoms with Gasteiger partial charge in [0.15, 0.2) is 0 Å². The van der Waals surface area contributed by atoms with Gasteiger partial charge in [-0.2, -0.15) is 0 Å². The molecular weight excluding hydrogens is 340 g/mol. The molecule has 2 aliphatic rings. The maximum atomic E-state index is 12.8. The number of amides is 1. The fraction of sp³-hybridized carbons (Fsp3) is 0.588. The number of aromatic nitrogens is 2. The molecule has 8 heteroatoms. The number of carbonyl (C=O) groups excluding carboxylic acids is 1. The standard InChI is InChI=1S/C17H22N4O3S/c1-10-13-16(18-9-20(2)17(13)23)25-14(10)15(22)19-11-7-24-8-12(11)21-5-3-4-6-21/h9,11-12H,3-8H2,1-2H3,(H,19,22)/t11-,12-/m0/s1. The summed E-state index contributed by atoms with van der Waals surface area (Å²) in [6, 6.07) is 0.234. The SMILES string of the molecule is Cc1c(C(=O)N[C@H]2COC[C@@H]2N2CCCC2)sc2ncn(C)c(=O)c12. The molecule has 4 heterocycles. The highest BCUT2D eigenvalue weighted by Crippen LogP contribution is 2.27. The third-order valence-corrected chi connectivity index (χ3v) is 6.39. The van der Waals surface area contributed by atoms with E-state index in [2.05, 4.69) is 15.2 Å². The highest BCUT2D eigenvalue weighted by Gasteiger charge is 2.36. The Kier molecular flexibility index (Phi) is 4.35. The Bertz CT molecular complexity index is 869. The van der Waals surface area contributed by atoms with Gasteiger partial charge in [-0.3, -0.25) is 14.5 Å². The molecule has 25 heavy (non-hydrogen) atoms.